The van der Waals surface area contributed by atoms with Gasteiger partial charge in [-0.15, -0.1) is 11.3 Å². The zero-order chi connectivity index (χ0) is 21.7. The van der Waals surface area contributed by atoms with Crippen molar-refractivity contribution in [3.8, 4) is 0 Å². The van der Waals surface area contributed by atoms with Crippen molar-refractivity contribution in [2.45, 2.75) is 39.0 Å². The Morgan fingerprint density at radius 1 is 1.13 bits per heavy atom. The molecule has 162 valence electrons. The first-order valence-corrected chi connectivity index (χ1v) is 11.1. The molecule has 0 aliphatic carbocycles. The largest absolute Gasteiger partial charge is 0.380 e. The highest BCUT2D eigenvalue weighted by Gasteiger charge is 2.34. The predicted octanol–water partition coefficient (Wildman–Crippen LogP) is 1.31. The molecule has 3 N–H and O–H groups in total. The number of nitrogens with zero attached hydrogens (tertiary/aromatic N) is 2. The summed E-state index contributed by atoms with van der Waals surface area (Å²) in [4.78, 5) is 29.4. The van der Waals surface area contributed by atoms with Crippen LogP contribution in [0.15, 0.2) is 35.7 Å². The topological polar surface area (TPSA) is 93.1 Å². The second kappa shape index (κ2) is 10.1. The lowest BCUT2D eigenvalue weighted by Gasteiger charge is -2.37. The van der Waals surface area contributed by atoms with Crippen LogP contribution in [0.4, 0.5) is 5.69 Å². The van der Waals surface area contributed by atoms with Gasteiger partial charge in [-0.25, -0.2) is 0 Å². The second-order valence-corrected chi connectivity index (χ2v) is 8.48. The fraction of sp³-hybridized carbons (Fsp3) is 0.455. The van der Waals surface area contributed by atoms with Crippen molar-refractivity contribution in [3.05, 3.63) is 51.7 Å². The van der Waals surface area contributed by atoms with Crippen LogP contribution in [0.2, 0.25) is 0 Å². The summed E-state index contributed by atoms with van der Waals surface area (Å²) in [6.45, 7) is 6.47. The minimum absolute atomic E-state index is 0.260. The summed E-state index contributed by atoms with van der Waals surface area (Å²) in [6.07, 6.45) is -2.65. The van der Waals surface area contributed by atoms with Crippen LogP contribution in [0.1, 0.15) is 22.9 Å². The van der Waals surface area contributed by atoms with E-state index in [2.05, 4.69) is 17.1 Å². The van der Waals surface area contributed by atoms with Crippen molar-refractivity contribution < 1.29 is 19.8 Å². The number of anilines is 1. The fourth-order valence-corrected chi connectivity index (χ4v) is 4.45. The third-order valence-electron chi connectivity index (χ3n) is 5.42. The van der Waals surface area contributed by atoms with Gasteiger partial charge in [-0.2, -0.15) is 0 Å². The van der Waals surface area contributed by atoms with Crippen molar-refractivity contribution in [2.75, 3.05) is 31.1 Å². The molecule has 3 rings (SSSR count). The molecule has 1 saturated heterocycles. The zero-order valence-corrected chi connectivity index (χ0v) is 18.2. The molecule has 2 heterocycles. The Balaban J connectivity index is 1.49. The molecule has 2 amide bonds. The molecule has 0 radical (unpaired) electrons. The third kappa shape index (κ3) is 5.19. The second-order valence-electron chi connectivity index (χ2n) is 7.48. The van der Waals surface area contributed by atoms with Gasteiger partial charge >= 0.3 is 0 Å². The van der Waals surface area contributed by atoms with E-state index in [4.69, 9.17) is 0 Å². The van der Waals surface area contributed by atoms with E-state index in [-0.39, 0.29) is 6.54 Å². The first-order valence-electron chi connectivity index (χ1n) is 10.2. The number of benzene rings is 1. The number of hydrogen-bond donors (Lipinski definition) is 3. The van der Waals surface area contributed by atoms with E-state index < -0.39 is 24.0 Å². The van der Waals surface area contributed by atoms with Crippen molar-refractivity contribution in [1.29, 1.82) is 0 Å². The lowest BCUT2D eigenvalue weighted by atomic mass is 10.1. The maximum atomic E-state index is 12.6. The van der Waals surface area contributed by atoms with Gasteiger partial charge in [0.25, 0.3) is 11.8 Å². The third-order valence-corrected chi connectivity index (χ3v) is 6.41. The summed E-state index contributed by atoms with van der Waals surface area (Å²) >= 11 is 1.53. The molecule has 8 heteroatoms. The molecule has 1 aromatic carbocycles. The number of carbonyl (C=O) groups excluding carboxylic acids is 2. The van der Waals surface area contributed by atoms with E-state index in [0.29, 0.717) is 26.2 Å². The summed E-state index contributed by atoms with van der Waals surface area (Å²) in [6, 6.07) is 10.1. The van der Waals surface area contributed by atoms with Crippen molar-refractivity contribution in [2.24, 2.45) is 0 Å². The molecule has 1 aromatic heterocycles. The number of thiophene rings is 1. The van der Waals surface area contributed by atoms with Gasteiger partial charge < -0.3 is 25.3 Å². The van der Waals surface area contributed by atoms with E-state index in [1.54, 1.807) is 0 Å². The summed E-state index contributed by atoms with van der Waals surface area (Å²) < 4.78 is 0. The molecule has 0 unspecified atom stereocenters. The van der Waals surface area contributed by atoms with Crippen LogP contribution in [0.5, 0.6) is 0 Å². The van der Waals surface area contributed by atoms with Crippen LogP contribution in [-0.2, 0) is 22.6 Å². The minimum Gasteiger partial charge on any atom is -0.380 e. The Morgan fingerprint density at radius 2 is 1.83 bits per heavy atom. The van der Waals surface area contributed by atoms with Crippen LogP contribution < -0.4 is 10.2 Å². The highest BCUT2D eigenvalue weighted by Crippen LogP contribution is 2.21. The zero-order valence-electron chi connectivity index (χ0n) is 17.4. The van der Waals surface area contributed by atoms with Crippen LogP contribution in [0.3, 0.4) is 0 Å². The van der Waals surface area contributed by atoms with Gasteiger partial charge in [0.2, 0.25) is 0 Å². The highest BCUT2D eigenvalue weighted by atomic mass is 32.1. The van der Waals surface area contributed by atoms with Crippen LogP contribution in [0, 0.1) is 6.92 Å². The molecule has 0 spiro atoms. The Bertz CT molecular complexity index is 877. The number of amides is 2. The van der Waals surface area contributed by atoms with Crippen LogP contribution >= 0.6 is 11.3 Å². The SMILES string of the molecule is CCc1csc(CNC(=O)[C@H](O)[C@@H](O)C(=O)N2CCN(c3ccccc3C)CC2)c1. The van der Waals surface area contributed by atoms with Crippen LogP contribution in [-0.4, -0.2) is 65.3 Å². The summed E-state index contributed by atoms with van der Waals surface area (Å²) in [5, 5.41) is 25.0. The molecule has 0 saturated carbocycles. The number of aliphatic hydroxyl groups is 2. The van der Waals surface area contributed by atoms with Gasteiger partial charge in [0, 0.05) is 36.7 Å². The lowest BCUT2D eigenvalue weighted by Crippen LogP contribution is -2.55. The van der Waals surface area contributed by atoms with E-state index in [0.717, 1.165) is 17.0 Å². The van der Waals surface area contributed by atoms with Gasteiger partial charge in [0.05, 0.1) is 6.54 Å². The summed E-state index contributed by atoms with van der Waals surface area (Å²) in [5.74, 6) is -1.37. The number of piperazine rings is 1. The lowest BCUT2D eigenvalue weighted by molar-refractivity contribution is -0.153. The predicted molar refractivity (Wildman–Crippen MR) is 118 cm³/mol. The number of aliphatic hydroxyl groups excluding tert-OH is 2. The first-order chi connectivity index (χ1) is 14.4. The smallest absolute Gasteiger partial charge is 0.254 e. The molecule has 2 aromatic rings. The number of para-hydroxylation sites is 1. The van der Waals surface area contributed by atoms with Gasteiger partial charge in [-0.3, -0.25) is 9.59 Å². The summed E-state index contributed by atoms with van der Waals surface area (Å²) in [5.41, 5.74) is 3.48. The van der Waals surface area contributed by atoms with Crippen molar-refractivity contribution >= 4 is 28.8 Å². The molecular weight excluding hydrogens is 402 g/mol. The Hall–Kier alpha value is -2.42. The number of carbonyl (C=O) groups is 2. The van der Waals surface area contributed by atoms with Crippen LogP contribution in [0.25, 0.3) is 0 Å². The van der Waals surface area contributed by atoms with Crippen molar-refractivity contribution in [3.63, 3.8) is 0 Å². The minimum atomic E-state index is -1.79. The van der Waals surface area contributed by atoms with E-state index in [1.807, 2.05) is 42.6 Å². The maximum absolute atomic E-state index is 12.6. The molecule has 7 nitrogen and oxygen atoms in total. The molecule has 0 bridgehead atoms. The monoisotopic (exact) mass is 431 g/mol. The fourth-order valence-electron chi connectivity index (χ4n) is 3.53. The number of hydrogen-bond acceptors (Lipinski definition) is 6. The standard InChI is InChI=1S/C22H29N3O4S/c1-3-16-12-17(30-14-16)13-23-21(28)19(26)20(27)22(29)25-10-8-24(9-11-25)18-7-5-4-6-15(18)2/h4-7,12,14,19-20,26-27H,3,8-11,13H2,1-2H3,(H,23,28)/t19-,20-/m1/s1. The molecule has 30 heavy (non-hydrogen) atoms. The number of nitrogens with one attached hydrogen (secondary N) is 1. The van der Waals surface area contributed by atoms with E-state index in [1.165, 1.54) is 27.4 Å². The van der Waals surface area contributed by atoms with Gasteiger partial charge in [-0.05, 0) is 42.0 Å². The molecule has 1 aliphatic heterocycles. The van der Waals surface area contributed by atoms with Gasteiger partial charge in [0.15, 0.2) is 12.2 Å². The normalized spacial score (nSPS) is 16.3. The molecule has 1 fully saturated rings. The van der Waals surface area contributed by atoms with E-state index in [9.17, 15) is 19.8 Å². The van der Waals surface area contributed by atoms with Gasteiger partial charge in [-0.1, -0.05) is 25.1 Å². The quantitative estimate of drug-likeness (QED) is 0.615. The Labute approximate surface area is 180 Å². The average molecular weight is 432 g/mol. The molecule has 1 aliphatic rings. The molecular formula is C22H29N3O4S. The van der Waals surface area contributed by atoms with Gasteiger partial charge in [0.1, 0.15) is 0 Å². The van der Waals surface area contributed by atoms with Crippen molar-refractivity contribution in [1.82, 2.24) is 10.2 Å². The number of rotatable bonds is 7. The molecule has 2 atom stereocenters. The highest BCUT2D eigenvalue weighted by molar-refractivity contribution is 7.10. The first kappa shape index (κ1) is 22.3. The maximum Gasteiger partial charge on any atom is 0.254 e. The Morgan fingerprint density at radius 3 is 2.47 bits per heavy atom. The Kier molecular flexibility index (Phi) is 7.47. The average Bonchev–Trinajstić information content (AvgIpc) is 3.24. The summed E-state index contributed by atoms with van der Waals surface area (Å²) in [7, 11) is 0. The van der Waals surface area contributed by atoms with E-state index >= 15 is 0 Å². The number of aryl methyl sites for hydroxylation is 2.